The lowest BCUT2D eigenvalue weighted by molar-refractivity contribution is 0.632. The Morgan fingerprint density at radius 3 is 2.75 bits per heavy atom. The second kappa shape index (κ2) is 3.86. The van der Waals surface area contributed by atoms with Crippen LogP contribution >= 0.6 is 0 Å². The monoisotopic (exact) mass is 207 g/mol. The van der Waals surface area contributed by atoms with E-state index in [0.29, 0.717) is 0 Å². The van der Waals surface area contributed by atoms with Gasteiger partial charge < -0.3 is 4.90 Å². The van der Waals surface area contributed by atoms with Gasteiger partial charge in [0, 0.05) is 18.1 Å². The van der Waals surface area contributed by atoms with Crippen LogP contribution in [0.1, 0.15) is 12.0 Å². The van der Waals surface area contributed by atoms with E-state index < -0.39 is 0 Å². The maximum Gasteiger partial charge on any atom is 0.0412 e. The average Bonchev–Trinajstić information content (AvgIpc) is 2.39. The van der Waals surface area contributed by atoms with Crippen molar-refractivity contribution in [1.82, 2.24) is 4.90 Å². The second-order valence-corrected chi connectivity index (χ2v) is 3.94. The zero-order valence-corrected chi connectivity index (χ0v) is 9.01. The fourth-order valence-corrected chi connectivity index (χ4v) is 2.00. The second-order valence-electron chi connectivity index (χ2n) is 3.94. The summed E-state index contributed by atoms with van der Waals surface area (Å²) < 4.78 is 0. The maximum atomic E-state index is 2.23. The van der Waals surface area contributed by atoms with Crippen LogP contribution in [0.25, 0.3) is 5.57 Å². The summed E-state index contributed by atoms with van der Waals surface area (Å²) in [7, 11) is 0. The van der Waals surface area contributed by atoms with Crippen molar-refractivity contribution in [2.45, 2.75) is 6.42 Å². The molecular weight excluding hydrogens is 194 g/mol. The quantitative estimate of drug-likeness (QED) is 0.678. The Morgan fingerprint density at radius 2 is 1.88 bits per heavy atom. The molecule has 0 aliphatic carbocycles. The summed E-state index contributed by atoms with van der Waals surface area (Å²) in [5, 5.41) is 0. The molecule has 1 nitrogen and oxygen atoms in total. The smallest absolute Gasteiger partial charge is 0.0412 e. The van der Waals surface area contributed by atoms with Gasteiger partial charge in [-0.2, -0.15) is 0 Å². The van der Waals surface area contributed by atoms with Gasteiger partial charge in [-0.05, 0) is 23.6 Å². The van der Waals surface area contributed by atoms with Gasteiger partial charge in [-0.1, -0.05) is 48.6 Å². The first-order valence-electron chi connectivity index (χ1n) is 5.54. The Labute approximate surface area is 95.7 Å². The van der Waals surface area contributed by atoms with E-state index in [0.717, 1.165) is 6.42 Å². The first kappa shape index (κ1) is 9.22. The van der Waals surface area contributed by atoms with E-state index in [1.807, 2.05) is 6.07 Å². The van der Waals surface area contributed by atoms with E-state index >= 15 is 0 Å². The molecule has 0 radical (unpaired) electrons. The zero-order valence-electron chi connectivity index (χ0n) is 9.01. The van der Waals surface area contributed by atoms with Gasteiger partial charge in [0.15, 0.2) is 0 Å². The largest absolute Gasteiger partial charge is 0.324 e. The summed E-state index contributed by atoms with van der Waals surface area (Å²) in [5.74, 6) is 0. The summed E-state index contributed by atoms with van der Waals surface area (Å²) in [6.07, 6.45) is 14.1. The third-order valence-corrected chi connectivity index (χ3v) is 2.85. The van der Waals surface area contributed by atoms with Crippen LogP contribution in [-0.4, -0.2) is 4.90 Å². The SMILES string of the molecule is C1=CN2C=C(c3ccccc3)C=CC2=CC1. The van der Waals surface area contributed by atoms with Crippen LogP contribution in [-0.2, 0) is 0 Å². The van der Waals surface area contributed by atoms with E-state index in [-0.39, 0.29) is 0 Å². The first-order chi connectivity index (χ1) is 7.93. The fourth-order valence-electron chi connectivity index (χ4n) is 2.00. The minimum absolute atomic E-state index is 1.03. The molecule has 78 valence electrons. The van der Waals surface area contributed by atoms with Gasteiger partial charge in [-0.25, -0.2) is 0 Å². The van der Waals surface area contributed by atoms with Crippen LogP contribution in [0.15, 0.2) is 72.7 Å². The third-order valence-electron chi connectivity index (χ3n) is 2.85. The van der Waals surface area contributed by atoms with Crippen LogP contribution in [0.3, 0.4) is 0 Å². The van der Waals surface area contributed by atoms with Gasteiger partial charge in [-0.3, -0.25) is 0 Å². The van der Waals surface area contributed by atoms with Crippen molar-refractivity contribution in [3.05, 3.63) is 78.3 Å². The number of hydrogen-bond donors (Lipinski definition) is 0. The molecule has 16 heavy (non-hydrogen) atoms. The minimum Gasteiger partial charge on any atom is -0.324 e. The third kappa shape index (κ3) is 1.61. The fraction of sp³-hybridized carbons (Fsp3) is 0.0667. The number of rotatable bonds is 1. The van der Waals surface area contributed by atoms with Crippen molar-refractivity contribution in [3.8, 4) is 0 Å². The Kier molecular flexibility index (Phi) is 2.22. The molecule has 1 heteroatoms. The van der Waals surface area contributed by atoms with Gasteiger partial charge in [0.25, 0.3) is 0 Å². The predicted molar refractivity (Wildman–Crippen MR) is 67.2 cm³/mol. The van der Waals surface area contributed by atoms with Gasteiger partial charge in [0.1, 0.15) is 0 Å². The molecule has 0 N–H and O–H groups in total. The number of benzene rings is 1. The van der Waals surface area contributed by atoms with Crippen LogP contribution in [0.4, 0.5) is 0 Å². The standard InChI is InChI=1S/C15H13N/c1-2-6-13(7-3-1)14-9-10-15-8-4-5-11-16(15)12-14/h1-3,5-12H,4H2. The van der Waals surface area contributed by atoms with Crippen LogP contribution < -0.4 is 0 Å². The molecule has 0 atom stereocenters. The van der Waals surface area contributed by atoms with Gasteiger partial charge in [0.2, 0.25) is 0 Å². The minimum atomic E-state index is 1.03. The van der Waals surface area contributed by atoms with Gasteiger partial charge in [0.05, 0.1) is 0 Å². The van der Waals surface area contributed by atoms with E-state index in [2.05, 4.69) is 65.9 Å². The summed E-state index contributed by atoms with van der Waals surface area (Å²) >= 11 is 0. The summed E-state index contributed by atoms with van der Waals surface area (Å²) in [6.45, 7) is 0. The Bertz CT molecular complexity index is 503. The Morgan fingerprint density at radius 1 is 1.00 bits per heavy atom. The molecule has 0 unspecified atom stereocenters. The Hall–Kier alpha value is -2.02. The molecule has 2 aliphatic heterocycles. The van der Waals surface area contributed by atoms with E-state index in [4.69, 9.17) is 0 Å². The van der Waals surface area contributed by atoms with Crippen LogP contribution in [0, 0.1) is 0 Å². The molecule has 1 aromatic carbocycles. The lowest BCUT2D eigenvalue weighted by atomic mass is 10.0. The highest BCUT2D eigenvalue weighted by Gasteiger charge is 2.10. The molecular formula is C15H13N. The first-order valence-corrected chi connectivity index (χ1v) is 5.54. The Balaban J connectivity index is 1.97. The highest BCUT2D eigenvalue weighted by atomic mass is 15.1. The van der Waals surface area contributed by atoms with Gasteiger partial charge in [-0.15, -0.1) is 0 Å². The molecule has 0 saturated carbocycles. The van der Waals surface area contributed by atoms with Crippen LogP contribution in [0.2, 0.25) is 0 Å². The van der Waals surface area contributed by atoms with Crippen LogP contribution in [0.5, 0.6) is 0 Å². The van der Waals surface area contributed by atoms with E-state index in [1.165, 1.54) is 16.8 Å². The highest BCUT2D eigenvalue weighted by molar-refractivity contribution is 5.76. The predicted octanol–water partition coefficient (Wildman–Crippen LogP) is 3.70. The normalized spacial score (nSPS) is 17.9. The molecule has 0 aromatic heterocycles. The highest BCUT2D eigenvalue weighted by Crippen LogP contribution is 2.26. The molecule has 0 bridgehead atoms. The molecule has 1 aromatic rings. The lowest BCUT2D eigenvalue weighted by Crippen LogP contribution is -2.13. The van der Waals surface area contributed by atoms with Crippen molar-refractivity contribution in [3.63, 3.8) is 0 Å². The molecule has 2 aliphatic rings. The van der Waals surface area contributed by atoms with Crippen molar-refractivity contribution in [2.75, 3.05) is 0 Å². The molecule has 0 saturated heterocycles. The lowest BCUT2D eigenvalue weighted by Gasteiger charge is -2.24. The van der Waals surface area contributed by atoms with E-state index in [9.17, 15) is 0 Å². The number of nitrogens with zero attached hydrogens (tertiary/aromatic N) is 1. The maximum absolute atomic E-state index is 2.23. The van der Waals surface area contributed by atoms with Crippen molar-refractivity contribution >= 4 is 5.57 Å². The molecule has 2 heterocycles. The van der Waals surface area contributed by atoms with E-state index in [1.54, 1.807) is 0 Å². The molecule has 0 fully saturated rings. The molecule has 3 rings (SSSR count). The average molecular weight is 207 g/mol. The van der Waals surface area contributed by atoms with Crippen molar-refractivity contribution in [2.24, 2.45) is 0 Å². The summed E-state index contributed by atoms with van der Waals surface area (Å²) in [4.78, 5) is 2.17. The number of fused-ring (bicyclic) bond motifs is 1. The molecule has 0 spiro atoms. The zero-order chi connectivity index (χ0) is 10.8. The number of allylic oxidation sites excluding steroid dienone is 5. The molecule has 0 amide bonds. The summed E-state index contributed by atoms with van der Waals surface area (Å²) in [6, 6.07) is 10.5. The summed E-state index contributed by atoms with van der Waals surface area (Å²) in [5.41, 5.74) is 3.78. The van der Waals surface area contributed by atoms with Gasteiger partial charge >= 0.3 is 0 Å². The topological polar surface area (TPSA) is 3.24 Å². The number of hydrogen-bond acceptors (Lipinski definition) is 1. The van der Waals surface area contributed by atoms with Crippen molar-refractivity contribution in [1.29, 1.82) is 0 Å². The van der Waals surface area contributed by atoms with Crippen molar-refractivity contribution < 1.29 is 0 Å².